The van der Waals surface area contributed by atoms with Crippen molar-refractivity contribution >= 4 is 23.2 Å². The molecule has 1 rings (SSSR count). The lowest BCUT2D eigenvalue weighted by Crippen LogP contribution is -2.32. The zero-order chi connectivity index (χ0) is 14.5. The molecule has 19 heavy (non-hydrogen) atoms. The van der Waals surface area contributed by atoms with Crippen molar-refractivity contribution in [2.24, 2.45) is 5.41 Å². The van der Waals surface area contributed by atoms with Crippen LogP contribution in [0.15, 0.2) is 18.2 Å². The fourth-order valence-electron chi connectivity index (χ4n) is 1.56. The molecule has 4 heteroatoms. The number of benzene rings is 1. The highest BCUT2D eigenvalue weighted by atomic mass is 35.5. The second kappa shape index (κ2) is 6.80. The Bertz CT molecular complexity index is 438. The van der Waals surface area contributed by atoms with Crippen LogP contribution in [-0.2, 0) is 0 Å². The van der Waals surface area contributed by atoms with Gasteiger partial charge in [0.25, 0.3) is 5.91 Å². The molecule has 0 aliphatic rings. The molecule has 0 radical (unpaired) electrons. The molecule has 0 saturated carbocycles. The summed E-state index contributed by atoms with van der Waals surface area (Å²) in [6.45, 7) is 9.81. The van der Waals surface area contributed by atoms with E-state index in [9.17, 15) is 4.79 Å². The largest absolute Gasteiger partial charge is 0.384 e. The first-order chi connectivity index (χ1) is 8.83. The number of rotatable bonds is 5. The van der Waals surface area contributed by atoms with E-state index >= 15 is 0 Å². The zero-order valence-electron chi connectivity index (χ0n) is 12.1. The predicted octanol–water partition coefficient (Wildman–Crippen LogP) is 3.94. The zero-order valence-corrected chi connectivity index (χ0v) is 12.9. The maximum atomic E-state index is 12.2. The van der Waals surface area contributed by atoms with Crippen LogP contribution in [0.3, 0.4) is 0 Å². The van der Waals surface area contributed by atoms with E-state index in [0.717, 1.165) is 18.7 Å². The smallest absolute Gasteiger partial charge is 0.253 e. The van der Waals surface area contributed by atoms with Gasteiger partial charge in [0.1, 0.15) is 0 Å². The van der Waals surface area contributed by atoms with E-state index in [1.165, 1.54) is 0 Å². The Hall–Kier alpha value is -1.22. The minimum atomic E-state index is -0.0870. The van der Waals surface area contributed by atoms with Crippen LogP contribution >= 0.6 is 11.6 Å². The molecule has 0 bridgehead atoms. The van der Waals surface area contributed by atoms with Crippen LogP contribution in [0.2, 0.25) is 5.02 Å². The summed E-state index contributed by atoms with van der Waals surface area (Å²) in [5.41, 5.74) is 1.49. The van der Waals surface area contributed by atoms with Crippen LogP contribution in [0.5, 0.6) is 0 Å². The third-order valence-corrected chi connectivity index (χ3v) is 2.81. The van der Waals surface area contributed by atoms with Gasteiger partial charge in [0.2, 0.25) is 0 Å². The molecule has 0 saturated heterocycles. The Morgan fingerprint density at radius 1 is 1.32 bits per heavy atom. The standard InChI is InChI=1S/C15H23ClN2O/c1-5-8-17-13-7-6-11(16)9-12(13)14(19)18-10-15(2,3)4/h6-7,9,17H,5,8,10H2,1-4H3,(H,18,19). The minimum absolute atomic E-state index is 0.0608. The van der Waals surface area contributed by atoms with Crippen molar-refractivity contribution < 1.29 is 4.79 Å². The van der Waals surface area contributed by atoms with E-state index in [-0.39, 0.29) is 11.3 Å². The van der Waals surface area contributed by atoms with E-state index in [2.05, 4.69) is 38.3 Å². The van der Waals surface area contributed by atoms with Crippen LogP contribution in [0.4, 0.5) is 5.69 Å². The highest BCUT2D eigenvalue weighted by Crippen LogP contribution is 2.21. The molecule has 2 N–H and O–H groups in total. The van der Waals surface area contributed by atoms with Gasteiger partial charge in [0.15, 0.2) is 0 Å². The monoisotopic (exact) mass is 282 g/mol. The second-order valence-corrected chi connectivity index (χ2v) is 6.30. The molecular weight excluding hydrogens is 260 g/mol. The molecule has 3 nitrogen and oxygen atoms in total. The van der Waals surface area contributed by atoms with Crippen LogP contribution < -0.4 is 10.6 Å². The number of carbonyl (C=O) groups excluding carboxylic acids is 1. The number of hydrogen-bond acceptors (Lipinski definition) is 2. The molecule has 106 valence electrons. The van der Waals surface area contributed by atoms with Gasteiger partial charge in [0.05, 0.1) is 5.56 Å². The van der Waals surface area contributed by atoms with Crippen LogP contribution in [-0.4, -0.2) is 19.0 Å². The molecule has 1 amide bonds. The summed E-state index contributed by atoms with van der Waals surface area (Å²) in [5.74, 6) is -0.0870. The quantitative estimate of drug-likeness (QED) is 0.859. The molecule has 0 atom stereocenters. The van der Waals surface area contributed by atoms with E-state index in [1.807, 2.05) is 6.07 Å². The summed E-state index contributed by atoms with van der Waals surface area (Å²) in [7, 11) is 0. The number of carbonyl (C=O) groups is 1. The summed E-state index contributed by atoms with van der Waals surface area (Å²) in [5, 5.41) is 6.77. The number of halogens is 1. The molecule has 0 unspecified atom stereocenters. The summed E-state index contributed by atoms with van der Waals surface area (Å²) < 4.78 is 0. The molecule has 1 aromatic rings. The Morgan fingerprint density at radius 3 is 2.58 bits per heavy atom. The highest BCUT2D eigenvalue weighted by molar-refractivity contribution is 6.31. The lowest BCUT2D eigenvalue weighted by atomic mass is 9.97. The van der Waals surface area contributed by atoms with E-state index < -0.39 is 0 Å². The van der Waals surface area contributed by atoms with Crippen molar-refractivity contribution in [2.45, 2.75) is 34.1 Å². The van der Waals surface area contributed by atoms with Crippen LogP contribution in [0.25, 0.3) is 0 Å². The van der Waals surface area contributed by atoms with Gasteiger partial charge in [-0.25, -0.2) is 0 Å². The van der Waals surface area contributed by atoms with Gasteiger partial charge >= 0.3 is 0 Å². The van der Waals surface area contributed by atoms with E-state index in [0.29, 0.717) is 17.1 Å². The summed E-state index contributed by atoms with van der Waals surface area (Å²) in [6.07, 6.45) is 1.01. The second-order valence-electron chi connectivity index (χ2n) is 5.86. The number of hydrogen-bond donors (Lipinski definition) is 2. The van der Waals surface area contributed by atoms with Crippen molar-refractivity contribution in [3.8, 4) is 0 Å². The fraction of sp³-hybridized carbons (Fsp3) is 0.533. The number of nitrogens with one attached hydrogen (secondary N) is 2. The predicted molar refractivity (Wildman–Crippen MR) is 82.0 cm³/mol. The van der Waals surface area contributed by atoms with Gasteiger partial charge in [-0.3, -0.25) is 4.79 Å². The Kier molecular flexibility index (Phi) is 5.67. The van der Waals surface area contributed by atoms with Gasteiger partial charge in [-0.15, -0.1) is 0 Å². The number of anilines is 1. The lowest BCUT2D eigenvalue weighted by molar-refractivity contribution is 0.0940. The third-order valence-electron chi connectivity index (χ3n) is 2.57. The molecule has 0 aromatic heterocycles. The molecule has 1 aromatic carbocycles. The minimum Gasteiger partial charge on any atom is -0.384 e. The molecule has 0 aliphatic heterocycles. The summed E-state index contributed by atoms with van der Waals surface area (Å²) >= 11 is 5.98. The normalized spacial score (nSPS) is 11.2. The first-order valence-corrected chi connectivity index (χ1v) is 7.03. The number of amides is 1. The van der Waals surface area contributed by atoms with Gasteiger partial charge in [-0.05, 0) is 30.0 Å². The molecule has 0 aliphatic carbocycles. The topological polar surface area (TPSA) is 41.1 Å². The molecular formula is C15H23ClN2O. The molecule has 0 fully saturated rings. The average Bonchev–Trinajstić information content (AvgIpc) is 2.33. The Balaban J connectivity index is 2.84. The Morgan fingerprint density at radius 2 is 2.00 bits per heavy atom. The molecule has 0 spiro atoms. The third kappa shape index (κ3) is 5.52. The van der Waals surface area contributed by atoms with Gasteiger partial charge in [-0.2, -0.15) is 0 Å². The maximum Gasteiger partial charge on any atom is 0.253 e. The van der Waals surface area contributed by atoms with Crippen LogP contribution in [0, 0.1) is 5.41 Å². The highest BCUT2D eigenvalue weighted by Gasteiger charge is 2.15. The van der Waals surface area contributed by atoms with Crippen molar-refractivity contribution in [1.29, 1.82) is 0 Å². The van der Waals surface area contributed by atoms with Gasteiger partial charge in [0, 0.05) is 23.8 Å². The van der Waals surface area contributed by atoms with E-state index in [4.69, 9.17) is 11.6 Å². The van der Waals surface area contributed by atoms with Crippen molar-refractivity contribution in [3.05, 3.63) is 28.8 Å². The first kappa shape index (κ1) is 15.8. The van der Waals surface area contributed by atoms with Crippen molar-refractivity contribution in [1.82, 2.24) is 5.32 Å². The fourth-order valence-corrected chi connectivity index (χ4v) is 1.73. The molecule has 0 heterocycles. The summed E-state index contributed by atoms with van der Waals surface area (Å²) in [6, 6.07) is 5.35. The maximum absolute atomic E-state index is 12.2. The van der Waals surface area contributed by atoms with E-state index in [1.54, 1.807) is 12.1 Å². The van der Waals surface area contributed by atoms with Gasteiger partial charge < -0.3 is 10.6 Å². The lowest BCUT2D eigenvalue weighted by Gasteiger charge is -2.19. The first-order valence-electron chi connectivity index (χ1n) is 6.65. The summed E-state index contributed by atoms with van der Waals surface area (Å²) in [4.78, 5) is 12.2. The Labute approximate surface area is 120 Å². The van der Waals surface area contributed by atoms with Gasteiger partial charge in [-0.1, -0.05) is 39.3 Å². The average molecular weight is 283 g/mol. The van der Waals surface area contributed by atoms with Crippen molar-refractivity contribution in [3.63, 3.8) is 0 Å². The van der Waals surface area contributed by atoms with Crippen LogP contribution in [0.1, 0.15) is 44.5 Å². The SMILES string of the molecule is CCCNc1ccc(Cl)cc1C(=O)NCC(C)(C)C. The van der Waals surface area contributed by atoms with Crippen molar-refractivity contribution in [2.75, 3.05) is 18.4 Å².